The molecule has 2 aromatic carbocycles. The van der Waals surface area contributed by atoms with Crippen molar-refractivity contribution in [3.63, 3.8) is 0 Å². The fourth-order valence-electron chi connectivity index (χ4n) is 2.69. The molecule has 0 spiro atoms. The van der Waals surface area contributed by atoms with Gasteiger partial charge in [-0.15, -0.1) is 0 Å². The molecule has 0 saturated heterocycles. The summed E-state index contributed by atoms with van der Waals surface area (Å²) in [5, 5.41) is 5.61. The van der Waals surface area contributed by atoms with Crippen LogP contribution in [0.25, 0.3) is 0 Å². The molecule has 3 rings (SSSR count). The van der Waals surface area contributed by atoms with Crippen LogP contribution in [0.5, 0.6) is 5.75 Å². The van der Waals surface area contributed by atoms with Crippen molar-refractivity contribution < 1.29 is 22.4 Å². The van der Waals surface area contributed by atoms with E-state index in [0.717, 1.165) is 0 Å². The zero-order valence-electron chi connectivity index (χ0n) is 15.9. The van der Waals surface area contributed by atoms with Gasteiger partial charge in [-0.3, -0.25) is 4.79 Å². The van der Waals surface area contributed by atoms with Gasteiger partial charge >= 0.3 is 0 Å². The van der Waals surface area contributed by atoms with Crippen molar-refractivity contribution in [3.8, 4) is 5.75 Å². The SMILES string of the molecule is CCOc1ccc(S(=O)(=O)c2ccccc2NCC(=O)NCc2ccco2)cc1. The van der Waals surface area contributed by atoms with E-state index in [2.05, 4.69) is 10.6 Å². The molecule has 0 aliphatic carbocycles. The number of carbonyl (C=O) groups excluding carboxylic acids is 1. The third-order valence-electron chi connectivity index (χ3n) is 4.10. The van der Waals surface area contributed by atoms with Crippen LogP contribution < -0.4 is 15.4 Å². The van der Waals surface area contributed by atoms with Crippen molar-refractivity contribution in [1.29, 1.82) is 0 Å². The van der Waals surface area contributed by atoms with E-state index in [1.54, 1.807) is 42.5 Å². The molecule has 0 unspecified atom stereocenters. The number of nitrogens with one attached hydrogen (secondary N) is 2. The van der Waals surface area contributed by atoms with Crippen molar-refractivity contribution in [2.45, 2.75) is 23.3 Å². The molecule has 0 saturated carbocycles. The Labute approximate surface area is 169 Å². The minimum atomic E-state index is -3.76. The summed E-state index contributed by atoms with van der Waals surface area (Å²) in [6.07, 6.45) is 1.53. The summed E-state index contributed by atoms with van der Waals surface area (Å²) in [7, 11) is -3.76. The first-order chi connectivity index (χ1) is 14.0. The lowest BCUT2D eigenvalue weighted by Gasteiger charge is -2.13. The highest BCUT2D eigenvalue weighted by atomic mass is 32.2. The predicted molar refractivity (Wildman–Crippen MR) is 109 cm³/mol. The zero-order valence-corrected chi connectivity index (χ0v) is 16.7. The van der Waals surface area contributed by atoms with Crippen LogP contribution in [0.4, 0.5) is 5.69 Å². The molecular formula is C21H22N2O5S. The van der Waals surface area contributed by atoms with Crippen LogP contribution in [-0.4, -0.2) is 27.5 Å². The fourth-order valence-corrected chi connectivity index (χ4v) is 4.13. The molecule has 7 nitrogen and oxygen atoms in total. The predicted octanol–water partition coefficient (Wildman–Crippen LogP) is 3.24. The van der Waals surface area contributed by atoms with Gasteiger partial charge in [-0.2, -0.15) is 0 Å². The van der Waals surface area contributed by atoms with Gasteiger partial charge in [-0.1, -0.05) is 12.1 Å². The van der Waals surface area contributed by atoms with Crippen LogP contribution in [0.1, 0.15) is 12.7 Å². The number of amides is 1. The topological polar surface area (TPSA) is 97.6 Å². The Balaban J connectivity index is 1.71. The lowest BCUT2D eigenvalue weighted by atomic mass is 10.3. The number of carbonyl (C=O) groups is 1. The third kappa shape index (κ3) is 5.17. The average Bonchev–Trinajstić information content (AvgIpc) is 3.25. The van der Waals surface area contributed by atoms with Gasteiger partial charge in [-0.25, -0.2) is 8.42 Å². The first-order valence-electron chi connectivity index (χ1n) is 9.10. The molecule has 1 aromatic heterocycles. The van der Waals surface area contributed by atoms with E-state index < -0.39 is 9.84 Å². The van der Waals surface area contributed by atoms with Gasteiger partial charge in [0.25, 0.3) is 0 Å². The minimum absolute atomic E-state index is 0.0729. The van der Waals surface area contributed by atoms with Crippen LogP contribution in [0.3, 0.4) is 0 Å². The van der Waals surface area contributed by atoms with Gasteiger partial charge in [0, 0.05) is 0 Å². The van der Waals surface area contributed by atoms with Gasteiger partial charge in [0.1, 0.15) is 11.5 Å². The Hall–Kier alpha value is -3.26. The lowest BCUT2D eigenvalue weighted by molar-refractivity contribution is -0.119. The van der Waals surface area contributed by atoms with E-state index in [1.165, 1.54) is 24.5 Å². The summed E-state index contributed by atoms with van der Waals surface area (Å²) in [5.74, 6) is 0.956. The summed E-state index contributed by atoms with van der Waals surface area (Å²) in [6.45, 7) is 2.55. The minimum Gasteiger partial charge on any atom is -0.494 e. The Morgan fingerprint density at radius 1 is 1.03 bits per heavy atom. The molecule has 0 aliphatic heterocycles. The number of furan rings is 1. The van der Waals surface area contributed by atoms with E-state index in [1.807, 2.05) is 6.92 Å². The Morgan fingerprint density at radius 2 is 1.79 bits per heavy atom. The van der Waals surface area contributed by atoms with Crippen LogP contribution in [0.2, 0.25) is 0 Å². The number of rotatable bonds is 9. The molecule has 0 radical (unpaired) electrons. The normalized spacial score (nSPS) is 11.1. The summed E-state index contributed by atoms with van der Waals surface area (Å²) in [5.41, 5.74) is 0.356. The summed E-state index contributed by atoms with van der Waals surface area (Å²) < 4.78 is 36.6. The maximum Gasteiger partial charge on any atom is 0.239 e. The first-order valence-corrected chi connectivity index (χ1v) is 10.6. The number of benzene rings is 2. The van der Waals surface area contributed by atoms with Crippen LogP contribution in [0, 0.1) is 0 Å². The van der Waals surface area contributed by atoms with Crippen LogP contribution in [-0.2, 0) is 21.2 Å². The smallest absolute Gasteiger partial charge is 0.239 e. The number of sulfone groups is 1. The van der Waals surface area contributed by atoms with Crippen molar-refractivity contribution >= 4 is 21.4 Å². The number of hydrogen-bond acceptors (Lipinski definition) is 6. The second-order valence-electron chi connectivity index (χ2n) is 6.11. The van der Waals surface area contributed by atoms with E-state index >= 15 is 0 Å². The molecule has 1 amide bonds. The molecule has 0 fully saturated rings. The number of para-hydroxylation sites is 1. The van der Waals surface area contributed by atoms with Crippen molar-refractivity contribution in [3.05, 3.63) is 72.7 Å². The zero-order chi connectivity index (χ0) is 20.7. The quantitative estimate of drug-likeness (QED) is 0.558. The molecule has 0 atom stereocenters. The standard InChI is InChI=1S/C21H22N2O5S/c1-2-27-16-9-11-18(12-10-16)29(25,26)20-8-4-3-7-19(20)22-15-21(24)23-14-17-6-5-13-28-17/h3-13,22H,2,14-15H2,1H3,(H,23,24). The summed E-state index contributed by atoms with van der Waals surface area (Å²) in [4.78, 5) is 12.3. The fraction of sp³-hybridized carbons (Fsp3) is 0.190. The molecule has 29 heavy (non-hydrogen) atoms. The van der Waals surface area contributed by atoms with Gasteiger partial charge in [0.05, 0.1) is 41.4 Å². The van der Waals surface area contributed by atoms with Gasteiger partial charge in [-0.05, 0) is 55.5 Å². The van der Waals surface area contributed by atoms with Gasteiger partial charge in [0.2, 0.25) is 15.7 Å². The monoisotopic (exact) mass is 414 g/mol. The molecule has 2 N–H and O–H groups in total. The second kappa shape index (κ2) is 9.29. The van der Waals surface area contributed by atoms with E-state index in [0.29, 0.717) is 23.8 Å². The molecule has 1 heterocycles. The summed E-state index contributed by atoms with van der Waals surface area (Å²) in [6, 6.07) is 16.2. The highest BCUT2D eigenvalue weighted by Gasteiger charge is 2.21. The lowest BCUT2D eigenvalue weighted by Crippen LogP contribution is -2.29. The number of ether oxygens (including phenoxy) is 1. The Bertz CT molecular complexity index is 1040. The largest absolute Gasteiger partial charge is 0.494 e. The second-order valence-corrected chi connectivity index (χ2v) is 8.03. The number of anilines is 1. The van der Waals surface area contributed by atoms with E-state index in [9.17, 15) is 13.2 Å². The third-order valence-corrected chi connectivity index (χ3v) is 5.93. The maximum absolute atomic E-state index is 13.1. The first kappa shape index (κ1) is 20.5. The molecule has 8 heteroatoms. The Kier molecular flexibility index (Phi) is 6.56. The highest BCUT2D eigenvalue weighted by molar-refractivity contribution is 7.91. The van der Waals surface area contributed by atoms with Crippen LogP contribution >= 0.6 is 0 Å². The van der Waals surface area contributed by atoms with Crippen molar-refractivity contribution in [2.75, 3.05) is 18.5 Å². The van der Waals surface area contributed by atoms with E-state index in [4.69, 9.17) is 9.15 Å². The number of hydrogen-bond donors (Lipinski definition) is 2. The highest BCUT2D eigenvalue weighted by Crippen LogP contribution is 2.28. The molecule has 0 bridgehead atoms. The van der Waals surface area contributed by atoms with Gasteiger partial charge < -0.3 is 19.8 Å². The Morgan fingerprint density at radius 3 is 2.48 bits per heavy atom. The molecule has 3 aromatic rings. The van der Waals surface area contributed by atoms with Crippen LogP contribution in [0.15, 0.2) is 81.1 Å². The molecular weight excluding hydrogens is 392 g/mol. The average molecular weight is 414 g/mol. The van der Waals surface area contributed by atoms with E-state index in [-0.39, 0.29) is 28.8 Å². The van der Waals surface area contributed by atoms with Crippen molar-refractivity contribution in [2.24, 2.45) is 0 Å². The summed E-state index contributed by atoms with van der Waals surface area (Å²) >= 11 is 0. The molecule has 0 aliphatic rings. The van der Waals surface area contributed by atoms with Gasteiger partial charge in [0.15, 0.2) is 0 Å². The molecule has 152 valence electrons. The maximum atomic E-state index is 13.1. The van der Waals surface area contributed by atoms with Crippen molar-refractivity contribution in [1.82, 2.24) is 5.32 Å².